The minimum atomic E-state index is -0.611. The van der Waals surface area contributed by atoms with Gasteiger partial charge in [0.1, 0.15) is 11.5 Å². The summed E-state index contributed by atoms with van der Waals surface area (Å²) in [5.41, 5.74) is 2.53. The molecule has 3 N–H and O–H groups in total. The van der Waals surface area contributed by atoms with Crippen molar-refractivity contribution in [2.24, 2.45) is 0 Å². The quantitative estimate of drug-likeness (QED) is 0.494. The van der Waals surface area contributed by atoms with Crippen LogP contribution < -0.4 is 25.4 Å². The molecule has 0 heterocycles. The number of carbonyl (C=O) groups is 2. The third-order valence-electron chi connectivity index (χ3n) is 4.11. The average molecular weight is 405 g/mol. The van der Waals surface area contributed by atoms with Gasteiger partial charge in [-0.05, 0) is 67.9 Å². The van der Waals surface area contributed by atoms with Gasteiger partial charge in [-0.1, -0.05) is 24.3 Å². The predicted octanol–water partition coefficient (Wildman–Crippen LogP) is 5.65. The topological polar surface area (TPSA) is 88.7 Å². The number of aryl methyl sites for hydroxylation is 1. The lowest BCUT2D eigenvalue weighted by atomic mass is 10.2. The van der Waals surface area contributed by atoms with Crippen molar-refractivity contribution in [3.63, 3.8) is 0 Å². The van der Waals surface area contributed by atoms with Gasteiger partial charge >= 0.3 is 12.1 Å². The maximum atomic E-state index is 12.3. The van der Waals surface area contributed by atoms with Gasteiger partial charge in [0.25, 0.3) is 0 Å². The molecule has 0 aliphatic rings. The van der Waals surface area contributed by atoms with Crippen molar-refractivity contribution in [3.8, 4) is 11.5 Å². The highest BCUT2D eigenvalue weighted by molar-refractivity contribution is 6.00. The Kier molecular flexibility index (Phi) is 6.89. The fourth-order valence-electron chi connectivity index (χ4n) is 2.66. The first kappa shape index (κ1) is 20.7. The summed E-state index contributed by atoms with van der Waals surface area (Å²) >= 11 is 0. The summed E-state index contributed by atoms with van der Waals surface area (Å²) < 4.78 is 10.6. The summed E-state index contributed by atoms with van der Waals surface area (Å²) in [6.45, 7) is 4.34. The van der Waals surface area contributed by atoms with Crippen LogP contribution in [0.3, 0.4) is 0 Å². The number of nitrogens with one attached hydrogen (secondary N) is 3. The number of benzene rings is 3. The molecule has 7 heteroatoms. The standard InChI is InChI=1S/C23H23N3O4/c1-3-29-19-13-11-17(12-14-19)24-22(27)25-18-10-9-16(2)21(15-18)26-23(28)30-20-7-5-4-6-8-20/h4-15H,3H2,1-2H3,(H,26,28)(H2,24,25,27). The van der Waals surface area contributed by atoms with Crippen LogP contribution in [0.2, 0.25) is 0 Å². The molecular formula is C23H23N3O4. The molecule has 30 heavy (non-hydrogen) atoms. The molecule has 3 aromatic carbocycles. The first-order chi connectivity index (χ1) is 14.5. The maximum absolute atomic E-state index is 12.3. The second kappa shape index (κ2) is 9.97. The minimum Gasteiger partial charge on any atom is -0.494 e. The summed E-state index contributed by atoms with van der Waals surface area (Å²) in [7, 11) is 0. The maximum Gasteiger partial charge on any atom is 0.417 e. The Morgan fingerprint density at radius 2 is 1.47 bits per heavy atom. The number of hydrogen-bond acceptors (Lipinski definition) is 4. The second-order valence-corrected chi connectivity index (χ2v) is 6.39. The number of para-hydroxylation sites is 1. The number of ether oxygens (including phenoxy) is 2. The number of anilines is 3. The third-order valence-corrected chi connectivity index (χ3v) is 4.11. The van der Waals surface area contributed by atoms with Crippen molar-refractivity contribution in [1.29, 1.82) is 0 Å². The van der Waals surface area contributed by atoms with Gasteiger partial charge in [-0.25, -0.2) is 9.59 Å². The fourth-order valence-corrected chi connectivity index (χ4v) is 2.66. The lowest BCUT2D eigenvalue weighted by Gasteiger charge is -2.12. The Hall–Kier alpha value is -4.00. The Balaban J connectivity index is 1.60. The molecule has 0 aliphatic heterocycles. The van der Waals surface area contributed by atoms with Crippen LogP contribution in [0.1, 0.15) is 12.5 Å². The van der Waals surface area contributed by atoms with Crippen LogP contribution in [0.4, 0.5) is 26.7 Å². The molecular weight excluding hydrogens is 382 g/mol. The Morgan fingerprint density at radius 1 is 0.800 bits per heavy atom. The molecule has 0 bridgehead atoms. The number of carbonyl (C=O) groups excluding carboxylic acids is 2. The summed E-state index contributed by atoms with van der Waals surface area (Å²) in [6, 6.07) is 20.7. The molecule has 0 saturated heterocycles. The zero-order chi connectivity index (χ0) is 21.3. The molecule has 0 aromatic heterocycles. The lowest BCUT2D eigenvalue weighted by Crippen LogP contribution is -2.20. The molecule has 0 radical (unpaired) electrons. The van der Waals surface area contributed by atoms with Crippen LogP contribution >= 0.6 is 0 Å². The molecule has 3 amide bonds. The first-order valence-electron chi connectivity index (χ1n) is 9.49. The van der Waals surface area contributed by atoms with Crippen LogP contribution in [-0.4, -0.2) is 18.7 Å². The van der Waals surface area contributed by atoms with Gasteiger partial charge in [0.05, 0.1) is 6.61 Å². The van der Waals surface area contributed by atoms with E-state index in [-0.39, 0.29) is 0 Å². The van der Waals surface area contributed by atoms with E-state index in [0.717, 1.165) is 11.3 Å². The zero-order valence-electron chi connectivity index (χ0n) is 16.8. The van der Waals surface area contributed by atoms with E-state index >= 15 is 0 Å². The van der Waals surface area contributed by atoms with Crippen molar-refractivity contribution < 1.29 is 19.1 Å². The average Bonchev–Trinajstić information content (AvgIpc) is 2.73. The van der Waals surface area contributed by atoms with E-state index in [9.17, 15) is 9.59 Å². The highest BCUT2D eigenvalue weighted by Crippen LogP contribution is 2.22. The molecule has 154 valence electrons. The predicted molar refractivity (Wildman–Crippen MR) is 118 cm³/mol. The van der Waals surface area contributed by atoms with Gasteiger partial charge in [0.2, 0.25) is 0 Å². The molecule has 7 nitrogen and oxygen atoms in total. The van der Waals surface area contributed by atoms with Crippen molar-refractivity contribution in [2.75, 3.05) is 22.6 Å². The highest BCUT2D eigenvalue weighted by Gasteiger charge is 2.10. The van der Waals surface area contributed by atoms with Crippen LogP contribution in [0.25, 0.3) is 0 Å². The van der Waals surface area contributed by atoms with E-state index in [4.69, 9.17) is 9.47 Å². The summed E-state index contributed by atoms with van der Waals surface area (Å²) in [5.74, 6) is 1.18. The smallest absolute Gasteiger partial charge is 0.417 e. The number of urea groups is 1. The van der Waals surface area contributed by atoms with E-state index in [1.807, 2.05) is 19.9 Å². The Bertz CT molecular complexity index is 1000. The molecule has 0 unspecified atom stereocenters. The van der Waals surface area contributed by atoms with Crippen LogP contribution in [0.5, 0.6) is 11.5 Å². The summed E-state index contributed by atoms with van der Waals surface area (Å²) in [6.07, 6.45) is -0.611. The first-order valence-corrected chi connectivity index (χ1v) is 9.49. The fraction of sp³-hybridized carbons (Fsp3) is 0.130. The van der Waals surface area contributed by atoms with E-state index < -0.39 is 12.1 Å². The van der Waals surface area contributed by atoms with Crippen molar-refractivity contribution in [1.82, 2.24) is 0 Å². The minimum absolute atomic E-state index is 0.402. The van der Waals surface area contributed by atoms with Gasteiger partial charge in [-0.3, -0.25) is 5.32 Å². The van der Waals surface area contributed by atoms with Gasteiger partial charge in [0.15, 0.2) is 0 Å². The molecule has 0 saturated carbocycles. The van der Waals surface area contributed by atoms with E-state index in [2.05, 4.69) is 16.0 Å². The second-order valence-electron chi connectivity index (χ2n) is 6.39. The molecule has 0 spiro atoms. The molecule has 0 atom stereocenters. The van der Waals surface area contributed by atoms with Crippen LogP contribution in [0, 0.1) is 6.92 Å². The molecule has 3 aromatic rings. The van der Waals surface area contributed by atoms with E-state index in [0.29, 0.717) is 29.4 Å². The zero-order valence-corrected chi connectivity index (χ0v) is 16.8. The van der Waals surface area contributed by atoms with Crippen molar-refractivity contribution in [2.45, 2.75) is 13.8 Å². The Labute approximate surface area is 175 Å². The molecule has 0 fully saturated rings. The van der Waals surface area contributed by atoms with Crippen molar-refractivity contribution in [3.05, 3.63) is 78.4 Å². The van der Waals surface area contributed by atoms with Gasteiger partial charge in [0, 0.05) is 17.1 Å². The normalized spacial score (nSPS) is 10.1. The third kappa shape index (κ3) is 6.00. The summed E-state index contributed by atoms with van der Waals surface area (Å²) in [4.78, 5) is 24.4. The van der Waals surface area contributed by atoms with Gasteiger partial charge in [-0.15, -0.1) is 0 Å². The highest BCUT2D eigenvalue weighted by atomic mass is 16.6. The van der Waals surface area contributed by atoms with Crippen LogP contribution in [0.15, 0.2) is 72.8 Å². The van der Waals surface area contributed by atoms with E-state index in [1.165, 1.54) is 0 Å². The SMILES string of the molecule is CCOc1ccc(NC(=O)Nc2ccc(C)c(NC(=O)Oc3ccccc3)c2)cc1. The van der Waals surface area contributed by atoms with Gasteiger partial charge in [-0.2, -0.15) is 0 Å². The number of amides is 3. The van der Waals surface area contributed by atoms with E-state index in [1.54, 1.807) is 66.7 Å². The van der Waals surface area contributed by atoms with Crippen LogP contribution in [-0.2, 0) is 0 Å². The molecule has 3 rings (SSSR count). The Morgan fingerprint density at radius 3 is 2.17 bits per heavy atom. The summed E-state index contributed by atoms with van der Waals surface area (Å²) in [5, 5.41) is 8.19. The number of hydrogen-bond donors (Lipinski definition) is 3. The lowest BCUT2D eigenvalue weighted by molar-refractivity contribution is 0.215. The largest absolute Gasteiger partial charge is 0.494 e. The van der Waals surface area contributed by atoms with Crippen molar-refractivity contribution >= 4 is 29.2 Å². The molecule has 0 aliphatic carbocycles. The monoisotopic (exact) mass is 405 g/mol. The van der Waals surface area contributed by atoms with Gasteiger partial charge < -0.3 is 20.1 Å². The number of rotatable bonds is 6.